The maximum Gasteiger partial charge on any atom is 0.252 e. The fourth-order valence-corrected chi connectivity index (χ4v) is 2.15. The van der Waals surface area contributed by atoms with Gasteiger partial charge in [0.2, 0.25) is 0 Å². The molecule has 1 heterocycles. The smallest absolute Gasteiger partial charge is 0.252 e. The normalized spacial score (nSPS) is 13.4. The Morgan fingerprint density at radius 2 is 1.82 bits per heavy atom. The number of fused-ring (bicyclic) bond motifs is 1. The van der Waals surface area contributed by atoms with Crippen LogP contribution in [0.5, 0.6) is 0 Å². The van der Waals surface area contributed by atoms with Crippen LogP contribution in [0.2, 0.25) is 0 Å². The molecule has 1 amide bonds. The Morgan fingerprint density at radius 1 is 1.06 bits per heavy atom. The van der Waals surface area contributed by atoms with Crippen LogP contribution >= 0.6 is 0 Å². The highest BCUT2D eigenvalue weighted by Crippen LogP contribution is 2.29. The molecule has 0 aromatic heterocycles. The van der Waals surface area contributed by atoms with Crippen molar-refractivity contribution >= 4 is 5.91 Å². The summed E-state index contributed by atoms with van der Waals surface area (Å²) in [7, 11) is 0. The van der Waals surface area contributed by atoms with Gasteiger partial charge in [0.25, 0.3) is 5.91 Å². The Labute approximate surface area is 98.1 Å². The number of rotatable bonds is 1. The first-order valence-electron chi connectivity index (χ1n) is 5.42. The van der Waals surface area contributed by atoms with Crippen molar-refractivity contribution < 1.29 is 9.18 Å². The van der Waals surface area contributed by atoms with Crippen molar-refractivity contribution in [3.63, 3.8) is 0 Å². The molecule has 2 aromatic rings. The second-order valence-electron chi connectivity index (χ2n) is 4.03. The van der Waals surface area contributed by atoms with E-state index in [1.165, 1.54) is 12.1 Å². The highest BCUT2D eigenvalue weighted by Gasteiger charge is 2.22. The van der Waals surface area contributed by atoms with E-state index in [1.807, 2.05) is 18.2 Å². The maximum absolute atomic E-state index is 12.9. The number of hydrogen-bond acceptors (Lipinski definition) is 1. The third-order valence-electron chi connectivity index (χ3n) is 2.97. The molecule has 0 bridgehead atoms. The van der Waals surface area contributed by atoms with E-state index in [9.17, 15) is 9.18 Å². The second-order valence-corrected chi connectivity index (χ2v) is 4.03. The Hall–Kier alpha value is -2.16. The molecule has 0 radical (unpaired) electrons. The van der Waals surface area contributed by atoms with Crippen molar-refractivity contribution in [2.24, 2.45) is 0 Å². The molecule has 0 unspecified atom stereocenters. The monoisotopic (exact) mass is 227 g/mol. The highest BCUT2D eigenvalue weighted by atomic mass is 19.1. The highest BCUT2D eigenvalue weighted by molar-refractivity contribution is 6.04. The minimum absolute atomic E-state index is 0.0556. The third-order valence-corrected chi connectivity index (χ3v) is 2.97. The minimum Gasteiger partial charge on any atom is -0.348 e. The molecule has 17 heavy (non-hydrogen) atoms. The van der Waals surface area contributed by atoms with Gasteiger partial charge in [0.15, 0.2) is 0 Å². The van der Waals surface area contributed by atoms with E-state index in [0.717, 1.165) is 16.7 Å². The summed E-state index contributed by atoms with van der Waals surface area (Å²) in [6.45, 7) is 0.573. The molecule has 2 aromatic carbocycles. The van der Waals surface area contributed by atoms with E-state index in [-0.39, 0.29) is 11.7 Å². The summed E-state index contributed by atoms with van der Waals surface area (Å²) >= 11 is 0. The van der Waals surface area contributed by atoms with Crippen molar-refractivity contribution in [1.82, 2.24) is 5.32 Å². The molecule has 3 heteroatoms. The van der Waals surface area contributed by atoms with Crippen LogP contribution in [-0.4, -0.2) is 5.91 Å². The van der Waals surface area contributed by atoms with Gasteiger partial charge in [0.05, 0.1) is 5.56 Å². The van der Waals surface area contributed by atoms with Crippen LogP contribution in [0.1, 0.15) is 15.9 Å². The molecule has 84 valence electrons. The quantitative estimate of drug-likeness (QED) is 0.797. The van der Waals surface area contributed by atoms with Crippen molar-refractivity contribution in [2.75, 3.05) is 0 Å². The molecule has 0 atom stereocenters. The lowest BCUT2D eigenvalue weighted by atomic mass is 9.97. The first-order valence-corrected chi connectivity index (χ1v) is 5.42. The molecule has 1 aliphatic rings. The van der Waals surface area contributed by atoms with Gasteiger partial charge in [-0.25, -0.2) is 4.39 Å². The van der Waals surface area contributed by atoms with Gasteiger partial charge in [-0.15, -0.1) is 0 Å². The average Bonchev–Trinajstić information content (AvgIpc) is 2.73. The molecule has 2 nitrogen and oxygen atoms in total. The second kappa shape index (κ2) is 3.70. The molecular weight excluding hydrogens is 217 g/mol. The predicted molar refractivity (Wildman–Crippen MR) is 63.0 cm³/mol. The summed E-state index contributed by atoms with van der Waals surface area (Å²) in [5.74, 6) is -0.328. The molecule has 3 rings (SSSR count). The standard InChI is InChI=1S/C14H10FNO/c15-11-6-4-9(5-7-11)12-3-1-2-10-8-16-14(17)13(10)12/h1-7H,8H2,(H,16,17). The van der Waals surface area contributed by atoms with Crippen LogP contribution in [0.4, 0.5) is 4.39 Å². The van der Waals surface area contributed by atoms with E-state index in [4.69, 9.17) is 0 Å². The Bertz CT molecular complexity index is 590. The molecule has 0 spiro atoms. The maximum atomic E-state index is 12.9. The SMILES string of the molecule is O=C1NCc2cccc(-c3ccc(F)cc3)c21. The lowest BCUT2D eigenvalue weighted by molar-refractivity contribution is 0.0966. The summed E-state index contributed by atoms with van der Waals surface area (Å²) in [5, 5.41) is 2.79. The summed E-state index contributed by atoms with van der Waals surface area (Å²) < 4.78 is 12.9. The van der Waals surface area contributed by atoms with Gasteiger partial charge >= 0.3 is 0 Å². The lowest BCUT2D eigenvalue weighted by Gasteiger charge is -2.06. The van der Waals surface area contributed by atoms with Crippen LogP contribution in [0.25, 0.3) is 11.1 Å². The Kier molecular flexibility index (Phi) is 2.18. The van der Waals surface area contributed by atoms with Gasteiger partial charge in [-0.1, -0.05) is 30.3 Å². The molecule has 1 aliphatic heterocycles. The van der Waals surface area contributed by atoms with E-state index >= 15 is 0 Å². The van der Waals surface area contributed by atoms with Gasteiger partial charge in [0, 0.05) is 6.54 Å². The lowest BCUT2D eigenvalue weighted by Crippen LogP contribution is -2.13. The average molecular weight is 227 g/mol. The number of amides is 1. The summed E-state index contributed by atoms with van der Waals surface area (Å²) in [6.07, 6.45) is 0. The van der Waals surface area contributed by atoms with Crippen LogP contribution in [0.3, 0.4) is 0 Å². The van der Waals surface area contributed by atoms with Gasteiger partial charge < -0.3 is 5.32 Å². The first-order chi connectivity index (χ1) is 8.25. The van der Waals surface area contributed by atoms with Gasteiger partial charge in [0.1, 0.15) is 5.82 Å². The van der Waals surface area contributed by atoms with Crippen molar-refractivity contribution in [1.29, 1.82) is 0 Å². The summed E-state index contributed by atoms with van der Waals surface area (Å²) in [6, 6.07) is 11.9. The predicted octanol–water partition coefficient (Wildman–Crippen LogP) is 2.74. The molecule has 0 saturated heterocycles. The van der Waals surface area contributed by atoms with Crippen LogP contribution in [-0.2, 0) is 6.54 Å². The van der Waals surface area contributed by atoms with Gasteiger partial charge in [-0.05, 0) is 28.8 Å². The number of halogens is 1. The number of hydrogen-bond donors (Lipinski definition) is 1. The summed E-state index contributed by atoms with van der Waals surface area (Å²) in [4.78, 5) is 11.7. The molecule has 0 fully saturated rings. The van der Waals surface area contributed by atoms with Crippen LogP contribution in [0.15, 0.2) is 42.5 Å². The van der Waals surface area contributed by atoms with Crippen LogP contribution in [0, 0.1) is 5.82 Å². The van der Waals surface area contributed by atoms with Crippen LogP contribution < -0.4 is 5.32 Å². The van der Waals surface area contributed by atoms with Crippen molar-refractivity contribution in [3.8, 4) is 11.1 Å². The van der Waals surface area contributed by atoms with E-state index in [0.29, 0.717) is 12.1 Å². The molecule has 1 N–H and O–H groups in total. The Morgan fingerprint density at radius 3 is 2.59 bits per heavy atom. The number of nitrogens with one attached hydrogen (secondary N) is 1. The van der Waals surface area contributed by atoms with Crippen molar-refractivity contribution in [3.05, 3.63) is 59.4 Å². The summed E-state index contributed by atoms with van der Waals surface area (Å²) in [5.41, 5.74) is 3.42. The molecule has 0 aliphatic carbocycles. The largest absolute Gasteiger partial charge is 0.348 e. The fourth-order valence-electron chi connectivity index (χ4n) is 2.15. The Balaban J connectivity index is 2.19. The molecule has 0 saturated carbocycles. The minimum atomic E-state index is -0.272. The topological polar surface area (TPSA) is 29.1 Å². The van der Waals surface area contributed by atoms with E-state index in [1.54, 1.807) is 12.1 Å². The first kappa shape index (κ1) is 10.0. The molecular formula is C14H10FNO. The number of carbonyl (C=O) groups is 1. The fraction of sp³-hybridized carbons (Fsp3) is 0.0714. The zero-order valence-corrected chi connectivity index (χ0v) is 9.03. The number of carbonyl (C=O) groups excluding carboxylic acids is 1. The zero-order chi connectivity index (χ0) is 11.8. The van der Waals surface area contributed by atoms with E-state index in [2.05, 4.69) is 5.32 Å². The van der Waals surface area contributed by atoms with Gasteiger partial charge in [-0.2, -0.15) is 0 Å². The van der Waals surface area contributed by atoms with E-state index < -0.39 is 0 Å². The number of benzene rings is 2. The van der Waals surface area contributed by atoms with Crippen molar-refractivity contribution in [2.45, 2.75) is 6.54 Å². The third kappa shape index (κ3) is 1.60. The van der Waals surface area contributed by atoms with Gasteiger partial charge in [-0.3, -0.25) is 4.79 Å². The zero-order valence-electron chi connectivity index (χ0n) is 9.03.